The van der Waals surface area contributed by atoms with Crippen molar-refractivity contribution in [3.63, 3.8) is 0 Å². The monoisotopic (exact) mass is 215 g/mol. The fraction of sp³-hybridized carbons (Fsp3) is 0.308. The Morgan fingerprint density at radius 1 is 1.38 bits per heavy atom. The Labute approximate surface area is 93.0 Å². The van der Waals surface area contributed by atoms with Gasteiger partial charge in [-0.25, -0.2) is 0 Å². The smallest absolute Gasteiger partial charge is 0.256 e. The fourth-order valence-corrected chi connectivity index (χ4v) is 2.54. The van der Waals surface area contributed by atoms with Gasteiger partial charge >= 0.3 is 0 Å². The largest absolute Gasteiger partial charge is 0.391 e. The fourth-order valence-electron chi connectivity index (χ4n) is 2.54. The molecule has 1 aliphatic rings. The number of para-hydroxylation sites is 1. The number of nitrogens with zero attached hydrogens (tertiary/aromatic N) is 1. The van der Waals surface area contributed by atoms with E-state index in [1.54, 1.807) is 4.57 Å². The van der Waals surface area contributed by atoms with Crippen LogP contribution in [-0.2, 0) is 19.6 Å². The molecule has 0 amide bonds. The zero-order valence-electron chi connectivity index (χ0n) is 8.94. The molecule has 3 nitrogen and oxygen atoms in total. The molecule has 0 unspecified atom stereocenters. The van der Waals surface area contributed by atoms with Gasteiger partial charge in [-0.15, -0.1) is 0 Å². The average Bonchev–Trinajstić information content (AvgIpc) is 2.33. The van der Waals surface area contributed by atoms with E-state index >= 15 is 0 Å². The van der Waals surface area contributed by atoms with Crippen molar-refractivity contribution in [2.45, 2.75) is 26.0 Å². The Hall–Kier alpha value is -1.61. The molecule has 0 atom stereocenters. The van der Waals surface area contributed by atoms with E-state index in [0.717, 1.165) is 30.3 Å². The van der Waals surface area contributed by atoms with Gasteiger partial charge in [0.25, 0.3) is 5.56 Å². The molecule has 1 aromatic heterocycles. The van der Waals surface area contributed by atoms with Crippen LogP contribution in [0.25, 0.3) is 10.9 Å². The maximum absolute atomic E-state index is 12.0. The van der Waals surface area contributed by atoms with Crippen molar-refractivity contribution in [2.24, 2.45) is 0 Å². The molecule has 0 aliphatic carbocycles. The molecule has 1 N–H and O–H groups in total. The van der Waals surface area contributed by atoms with E-state index in [-0.39, 0.29) is 12.2 Å². The summed E-state index contributed by atoms with van der Waals surface area (Å²) in [7, 11) is 0. The summed E-state index contributed by atoms with van der Waals surface area (Å²) in [5.74, 6) is 0. The summed E-state index contributed by atoms with van der Waals surface area (Å²) in [5.41, 5.74) is 2.75. The van der Waals surface area contributed by atoms with Crippen LogP contribution < -0.4 is 5.56 Å². The average molecular weight is 215 g/mol. The first-order chi connectivity index (χ1) is 7.81. The molecule has 0 radical (unpaired) electrons. The van der Waals surface area contributed by atoms with Crippen molar-refractivity contribution in [1.29, 1.82) is 0 Å². The number of hydrogen-bond donors (Lipinski definition) is 1. The maximum Gasteiger partial charge on any atom is 0.256 e. The van der Waals surface area contributed by atoms with Gasteiger partial charge in [0.05, 0.1) is 12.1 Å². The minimum Gasteiger partial charge on any atom is -0.391 e. The van der Waals surface area contributed by atoms with Crippen LogP contribution in [0.4, 0.5) is 0 Å². The maximum atomic E-state index is 12.0. The molecule has 0 bridgehead atoms. The van der Waals surface area contributed by atoms with Crippen LogP contribution in [0.2, 0.25) is 0 Å². The van der Waals surface area contributed by atoms with E-state index in [4.69, 9.17) is 0 Å². The van der Waals surface area contributed by atoms with Crippen molar-refractivity contribution in [3.05, 3.63) is 45.7 Å². The number of aromatic nitrogens is 1. The van der Waals surface area contributed by atoms with E-state index in [1.807, 2.05) is 18.2 Å². The van der Waals surface area contributed by atoms with Gasteiger partial charge in [0, 0.05) is 12.1 Å². The standard InChI is InChI=1S/C13H13NO2/c15-8-11-7-10-4-1-3-9-5-2-6-14(12(9)10)13(11)16/h1,3-4,7,15H,2,5-6,8H2. The number of aliphatic hydroxyl groups excluding tert-OH is 1. The number of aliphatic hydroxyl groups is 1. The van der Waals surface area contributed by atoms with Gasteiger partial charge in [0.2, 0.25) is 0 Å². The molecule has 1 aliphatic heterocycles. The summed E-state index contributed by atoms with van der Waals surface area (Å²) in [6.07, 6.45) is 2.04. The Bertz CT molecular complexity index is 613. The van der Waals surface area contributed by atoms with Crippen molar-refractivity contribution < 1.29 is 5.11 Å². The first-order valence-corrected chi connectivity index (χ1v) is 5.56. The van der Waals surface area contributed by atoms with Gasteiger partial charge in [-0.3, -0.25) is 4.79 Å². The summed E-state index contributed by atoms with van der Waals surface area (Å²) < 4.78 is 1.81. The van der Waals surface area contributed by atoms with Gasteiger partial charge < -0.3 is 9.67 Å². The second-order valence-electron chi connectivity index (χ2n) is 4.24. The molecule has 3 heteroatoms. The molecule has 2 heterocycles. The second-order valence-corrected chi connectivity index (χ2v) is 4.24. The van der Waals surface area contributed by atoms with Gasteiger partial charge in [-0.05, 0) is 29.9 Å². The molecule has 0 saturated heterocycles. The van der Waals surface area contributed by atoms with Crippen molar-refractivity contribution in [2.75, 3.05) is 0 Å². The molecule has 0 saturated carbocycles. The molecule has 0 fully saturated rings. The van der Waals surface area contributed by atoms with E-state index < -0.39 is 0 Å². The van der Waals surface area contributed by atoms with Crippen LogP contribution in [0.1, 0.15) is 17.5 Å². The van der Waals surface area contributed by atoms with Crippen LogP contribution in [0.15, 0.2) is 29.1 Å². The Balaban J connectivity index is 2.50. The summed E-state index contributed by atoms with van der Waals surface area (Å²) in [4.78, 5) is 12.0. The van der Waals surface area contributed by atoms with Gasteiger partial charge in [-0.2, -0.15) is 0 Å². The zero-order valence-corrected chi connectivity index (χ0v) is 8.94. The van der Waals surface area contributed by atoms with Gasteiger partial charge in [0.15, 0.2) is 0 Å². The lowest BCUT2D eigenvalue weighted by molar-refractivity contribution is 0.279. The predicted octanol–water partition coefficient (Wildman–Crippen LogP) is 1.44. The Morgan fingerprint density at radius 3 is 3.06 bits per heavy atom. The topological polar surface area (TPSA) is 42.2 Å². The summed E-state index contributed by atoms with van der Waals surface area (Å²) in [6, 6.07) is 7.90. The lowest BCUT2D eigenvalue weighted by Crippen LogP contribution is -2.27. The number of rotatable bonds is 1. The third-order valence-corrected chi connectivity index (χ3v) is 3.27. The first-order valence-electron chi connectivity index (χ1n) is 5.56. The number of benzene rings is 1. The molecule has 1 aromatic carbocycles. The first kappa shape index (κ1) is 9.60. The van der Waals surface area contributed by atoms with E-state index in [0.29, 0.717) is 5.56 Å². The minimum atomic E-state index is -0.182. The molecular formula is C13H13NO2. The van der Waals surface area contributed by atoms with Gasteiger partial charge in [-0.1, -0.05) is 18.2 Å². The third-order valence-electron chi connectivity index (χ3n) is 3.27. The molecule has 3 rings (SSSR count). The third kappa shape index (κ3) is 1.21. The van der Waals surface area contributed by atoms with E-state index in [9.17, 15) is 9.90 Å². The molecule has 2 aromatic rings. The van der Waals surface area contributed by atoms with E-state index in [1.165, 1.54) is 5.56 Å². The quantitative estimate of drug-likeness (QED) is 0.782. The van der Waals surface area contributed by atoms with Crippen molar-refractivity contribution in [1.82, 2.24) is 4.57 Å². The molecule has 82 valence electrons. The highest BCUT2D eigenvalue weighted by Gasteiger charge is 2.15. The predicted molar refractivity (Wildman–Crippen MR) is 62.5 cm³/mol. The molecule has 0 spiro atoms. The van der Waals surface area contributed by atoms with Crippen LogP contribution in [0.3, 0.4) is 0 Å². The number of pyridine rings is 1. The van der Waals surface area contributed by atoms with Crippen LogP contribution in [-0.4, -0.2) is 9.67 Å². The summed E-state index contributed by atoms with van der Waals surface area (Å²) in [5, 5.41) is 10.2. The summed E-state index contributed by atoms with van der Waals surface area (Å²) in [6.45, 7) is 0.583. The lowest BCUT2D eigenvalue weighted by atomic mass is 10.0. The SMILES string of the molecule is O=c1c(CO)cc2cccc3c2n1CCC3. The van der Waals surface area contributed by atoms with Crippen molar-refractivity contribution in [3.8, 4) is 0 Å². The molecular weight excluding hydrogens is 202 g/mol. The minimum absolute atomic E-state index is 0.0397. The molecule has 16 heavy (non-hydrogen) atoms. The van der Waals surface area contributed by atoms with Crippen LogP contribution in [0, 0.1) is 0 Å². The zero-order chi connectivity index (χ0) is 11.1. The Kier molecular flexibility index (Phi) is 2.07. The normalized spacial score (nSPS) is 14.3. The highest BCUT2D eigenvalue weighted by molar-refractivity contribution is 5.83. The summed E-state index contributed by atoms with van der Waals surface area (Å²) >= 11 is 0. The second kappa shape index (κ2) is 3.46. The van der Waals surface area contributed by atoms with E-state index in [2.05, 4.69) is 6.07 Å². The lowest BCUT2D eigenvalue weighted by Gasteiger charge is -2.19. The van der Waals surface area contributed by atoms with Gasteiger partial charge in [0.1, 0.15) is 0 Å². The van der Waals surface area contributed by atoms with Crippen molar-refractivity contribution >= 4 is 10.9 Å². The van der Waals surface area contributed by atoms with Crippen LogP contribution >= 0.6 is 0 Å². The Morgan fingerprint density at radius 2 is 2.25 bits per heavy atom. The highest BCUT2D eigenvalue weighted by atomic mass is 16.3. The van der Waals surface area contributed by atoms with Crippen LogP contribution in [0.5, 0.6) is 0 Å². The highest BCUT2D eigenvalue weighted by Crippen LogP contribution is 2.23. The number of aryl methyl sites for hydroxylation is 2. The number of hydrogen-bond acceptors (Lipinski definition) is 2.